The third kappa shape index (κ3) is 9.31. The molecule has 0 unspecified atom stereocenters. The number of aliphatic hydroxyl groups excluding tert-OH is 1. The summed E-state index contributed by atoms with van der Waals surface area (Å²) in [5, 5.41) is 24.1. The van der Waals surface area contributed by atoms with Crippen LogP contribution in [0.15, 0.2) is 94.2 Å². The smallest absolute Gasteiger partial charge is 0.407 e. The van der Waals surface area contributed by atoms with Gasteiger partial charge in [-0.15, -0.1) is 0 Å². The van der Waals surface area contributed by atoms with Gasteiger partial charge in [0.05, 0.1) is 24.5 Å². The molecule has 39 heavy (non-hydrogen) atoms. The number of carbonyl (C=O) groups excluding carboxylic acids is 2. The zero-order chi connectivity index (χ0) is 27.3. The van der Waals surface area contributed by atoms with E-state index in [1.54, 1.807) is 12.1 Å². The zero-order valence-electron chi connectivity index (χ0n) is 21.1. The van der Waals surface area contributed by atoms with E-state index in [-0.39, 0.29) is 19.6 Å². The average Bonchev–Trinajstić information content (AvgIpc) is 3.66. The van der Waals surface area contributed by atoms with Crippen LogP contribution in [-0.4, -0.2) is 45.8 Å². The first-order valence-corrected chi connectivity index (χ1v) is 12.5. The molecule has 3 atom stereocenters. The number of amides is 2. The molecule has 0 saturated carbocycles. The van der Waals surface area contributed by atoms with Crippen LogP contribution in [0.2, 0.25) is 0 Å². The summed E-state index contributed by atoms with van der Waals surface area (Å²) in [6.07, 6.45) is 1.40. The summed E-state index contributed by atoms with van der Waals surface area (Å²) in [5.41, 5.74) is 1.88. The van der Waals surface area contributed by atoms with Gasteiger partial charge in [0.1, 0.15) is 0 Å². The number of nitrogens with zero attached hydrogens (tertiary/aromatic N) is 2. The van der Waals surface area contributed by atoms with Crippen molar-refractivity contribution < 1.29 is 33.2 Å². The van der Waals surface area contributed by atoms with Gasteiger partial charge in [0.15, 0.2) is 24.7 Å². The first kappa shape index (κ1) is 27.4. The maximum atomic E-state index is 12.6. The predicted molar refractivity (Wildman–Crippen MR) is 138 cm³/mol. The average molecular weight is 535 g/mol. The number of hydrogen-bond acceptors (Lipinski definition) is 9. The van der Waals surface area contributed by atoms with Crippen molar-refractivity contribution >= 4 is 12.2 Å². The van der Waals surface area contributed by atoms with Gasteiger partial charge >= 0.3 is 12.2 Å². The molecule has 4 aromatic rings. The maximum Gasteiger partial charge on any atom is 0.407 e. The zero-order valence-corrected chi connectivity index (χ0v) is 21.1. The van der Waals surface area contributed by atoms with E-state index in [1.807, 2.05) is 60.7 Å². The van der Waals surface area contributed by atoms with E-state index < -0.39 is 30.4 Å². The molecule has 0 saturated heterocycles. The number of benzene rings is 2. The Kier molecular flexibility index (Phi) is 10.1. The van der Waals surface area contributed by atoms with Crippen molar-refractivity contribution in [2.75, 3.05) is 0 Å². The number of hydrogen-bond donors (Lipinski definition) is 3. The third-order valence-corrected chi connectivity index (χ3v) is 5.91. The summed E-state index contributed by atoms with van der Waals surface area (Å²) in [5.74, 6) is 0.794. The minimum absolute atomic E-state index is 0.0817. The molecule has 204 valence electrons. The molecular formula is C28H30N4O7. The third-order valence-electron chi connectivity index (χ3n) is 5.91. The van der Waals surface area contributed by atoms with Crippen molar-refractivity contribution in [1.29, 1.82) is 0 Å². The number of ether oxygens (including phenoxy) is 2. The molecule has 0 aliphatic heterocycles. The molecule has 0 spiro atoms. The molecule has 0 bridgehead atoms. The Morgan fingerprint density at radius 1 is 0.744 bits per heavy atom. The summed E-state index contributed by atoms with van der Waals surface area (Å²) in [7, 11) is 0. The number of rotatable bonds is 13. The lowest BCUT2D eigenvalue weighted by Gasteiger charge is -2.28. The topological polar surface area (TPSA) is 149 Å². The number of carbonyl (C=O) groups is 2. The molecule has 2 heterocycles. The van der Waals surface area contributed by atoms with Crippen LogP contribution in [0.25, 0.3) is 0 Å². The van der Waals surface area contributed by atoms with Crippen LogP contribution in [0.5, 0.6) is 0 Å². The lowest BCUT2D eigenvalue weighted by atomic mass is 9.94. The lowest BCUT2D eigenvalue weighted by molar-refractivity contribution is 0.0825. The second kappa shape index (κ2) is 14.3. The molecule has 2 amide bonds. The van der Waals surface area contributed by atoms with E-state index in [4.69, 9.17) is 18.5 Å². The van der Waals surface area contributed by atoms with Crippen molar-refractivity contribution in [3.8, 4) is 0 Å². The molecule has 3 N–H and O–H groups in total. The molecule has 0 radical (unpaired) electrons. The van der Waals surface area contributed by atoms with Crippen molar-refractivity contribution in [2.45, 2.75) is 50.7 Å². The maximum absolute atomic E-state index is 12.6. The second-order valence-electron chi connectivity index (χ2n) is 8.88. The normalized spacial score (nSPS) is 13.2. The van der Waals surface area contributed by atoms with Crippen LogP contribution in [0, 0.1) is 0 Å². The summed E-state index contributed by atoms with van der Waals surface area (Å²) < 4.78 is 20.4. The molecule has 0 aliphatic carbocycles. The summed E-state index contributed by atoms with van der Waals surface area (Å²) >= 11 is 0. The minimum Gasteiger partial charge on any atom is -0.441 e. The fourth-order valence-electron chi connectivity index (χ4n) is 4.01. The van der Waals surface area contributed by atoms with E-state index in [0.29, 0.717) is 24.4 Å². The van der Waals surface area contributed by atoms with Crippen LogP contribution < -0.4 is 10.6 Å². The number of aromatic nitrogens is 2. The molecular weight excluding hydrogens is 504 g/mol. The number of alkyl carbamates (subject to hydrolysis) is 2. The quantitative estimate of drug-likeness (QED) is 0.233. The monoisotopic (exact) mass is 534 g/mol. The minimum atomic E-state index is -1.04. The summed E-state index contributed by atoms with van der Waals surface area (Å²) in [6, 6.07) is 21.0. The Labute approximate surface area is 225 Å². The van der Waals surface area contributed by atoms with E-state index >= 15 is 0 Å². The van der Waals surface area contributed by atoms with Crippen molar-refractivity contribution in [3.63, 3.8) is 0 Å². The van der Waals surface area contributed by atoms with E-state index in [1.165, 1.54) is 12.4 Å². The molecule has 11 heteroatoms. The Hall–Kier alpha value is -4.64. The number of aliphatic hydroxyl groups is 1. The van der Waals surface area contributed by atoms with Gasteiger partial charge in [-0.3, -0.25) is 0 Å². The fraction of sp³-hybridized carbons (Fsp3) is 0.286. The molecule has 2 aromatic carbocycles. The van der Waals surface area contributed by atoms with Crippen LogP contribution >= 0.6 is 0 Å². The van der Waals surface area contributed by atoms with Crippen LogP contribution in [0.4, 0.5) is 9.59 Å². The lowest BCUT2D eigenvalue weighted by Crippen LogP contribution is -2.48. The summed E-state index contributed by atoms with van der Waals surface area (Å²) in [4.78, 5) is 25.2. The molecule has 4 rings (SSSR count). The van der Waals surface area contributed by atoms with Gasteiger partial charge in [-0.2, -0.15) is 0 Å². The second-order valence-corrected chi connectivity index (χ2v) is 8.88. The van der Waals surface area contributed by atoms with Crippen molar-refractivity contribution in [1.82, 2.24) is 20.9 Å². The highest BCUT2D eigenvalue weighted by molar-refractivity contribution is 5.68. The Balaban J connectivity index is 1.42. The van der Waals surface area contributed by atoms with Gasteiger partial charge in [-0.25, -0.2) is 9.59 Å². The van der Waals surface area contributed by atoms with Gasteiger partial charge in [-0.1, -0.05) is 71.0 Å². The molecule has 2 aromatic heterocycles. The van der Waals surface area contributed by atoms with E-state index in [0.717, 1.165) is 11.1 Å². The highest BCUT2D eigenvalue weighted by Crippen LogP contribution is 2.15. The SMILES string of the molecule is O=C(N[C@H](Cc1ccccc1)C[C@H](O)[C@H](Cc1ccccc1)NC(=O)OCc1ccno1)OCc1ccno1. The molecule has 11 nitrogen and oxygen atoms in total. The standard InChI is InChI=1S/C28H30N4O7/c33-26(25(16-21-9-5-2-6-10-21)32-28(35)37-19-24-12-14-30-39-24)17-22(15-20-7-3-1-4-8-20)31-27(34)36-18-23-11-13-29-38-23/h1-14,22,25-26,33H,15-19H2,(H,31,34)(H,32,35)/t22-,25+,26+/m1/s1. The first-order valence-electron chi connectivity index (χ1n) is 12.5. The highest BCUT2D eigenvalue weighted by atomic mass is 16.6. The molecule has 0 fully saturated rings. The highest BCUT2D eigenvalue weighted by Gasteiger charge is 2.27. The first-order chi connectivity index (χ1) is 19.0. The van der Waals surface area contributed by atoms with Crippen LogP contribution in [0.1, 0.15) is 29.1 Å². The van der Waals surface area contributed by atoms with Crippen LogP contribution in [0.3, 0.4) is 0 Å². The fourth-order valence-corrected chi connectivity index (χ4v) is 4.01. The van der Waals surface area contributed by atoms with Gasteiger partial charge in [0.25, 0.3) is 0 Å². The van der Waals surface area contributed by atoms with Gasteiger partial charge in [0, 0.05) is 18.2 Å². The van der Waals surface area contributed by atoms with Crippen molar-refractivity contribution in [3.05, 3.63) is 108 Å². The predicted octanol–water partition coefficient (Wildman–Crippen LogP) is 3.79. The van der Waals surface area contributed by atoms with Gasteiger partial charge in [-0.05, 0) is 30.4 Å². The number of nitrogens with one attached hydrogen (secondary N) is 2. The van der Waals surface area contributed by atoms with Gasteiger partial charge < -0.3 is 34.3 Å². The van der Waals surface area contributed by atoms with E-state index in [2.05, 4.69) is 20.9 Å². The van der Waals surface area contributed by atoms with Crippen LogP contribution in [-0.2, 0) is 35.5 Å². The van der Waals surface area contributed by atoms with Gasteiger partial charge in [0.2, 0.25) is 0 Å². The largest absolute Gasteiger partial charge is 0.441 e. The van der Waals surface area contributed by atoms with Crippen molar-refractivity contribution in [2.24, 2.45) is 0 Å². The van der Waals surface area contributed by atoms with E-state index in [9.17, 15) is 14.7 Å². The summed E-state index contributed by atoms with van der Waals surface area (Å²) in [6.45, 7) is -0.184. The Morgan fingerprint density at radius 2 is 1.26 bits per heavy atom. The Morgan fingerprint density at radius 3 is 1.77 bits per heavy atom. The Bertz CT molecular complexity index is 1250. The molecule has 0 aliphatic rings.